The molecule has 2 atom stereocenters. The number of rotatable bonds is 7. The zero-order valence-corrected chi connectivity index (χ0v) is 18.3. The van der Waals surface area contributed by atoms with Gasteiger partial charge in [0.15, 0.2) is 6.10 Å². The van der Waals surface area contributed by atoms with Crippen molar-refractivity contribution in [3.63, 3.8) is 0 Å². The van der Waals surface area contributed by atoms with Crippen LogP contribution in [0.25, 0.3) is 0 Å². The van der Waals surface area contributed by atoms with Gasteiger partial charge in [-0.2, -0.15) is 0 Å². The second-order valence-electron chi connectivity index (χ2n) is 7.34. The van der Waals surface area contributed by atoms with Crippen molar-refractivity contribution in [2.75, 3.05) is 20.3 Å². The van der Waals surface area contributed by atoms with E-state index in [2.05, 4.69) is 10.1 Å². The lowest BCUT2D eigenvalue weighted by atomic mass is 9.87. The number of halogens is 5. The summed E-state index contributed by atoms with van der Waals surface area (Å²) >= 11 is 0. The van der Waals surface area contributed by atoms with Gasteiger partial charge >= 0.3 is 24.0 Å². The number of hydrogen-bond donors (Lipinski definition) is 1. The highest BCUT2D eigenvalue weighted by atomic mass is 32.5. The summed E-state index contributed by atoms with van der Waals surface area (Å²) in [5.74, 6) is -1.81. The number of carbonyl (C=O) groups is 2. The third kappa shape index (κ3) is 6.79. The molecule has 0 radical (unpaired) electrons. The molecule has 2 rings (SSSR count). The number of amides is 1. The van der Waals surface area contributed by atoms with E-state index in [-0.39, 0.29) is 31.7 Å². The summed E-state index contributed by atoms with van der Waals surface area (Å²) in [5.41, 5.74) is -0.987. The highest BCUT2D eigenvalue weighted by Crippen LogP contribution is 3.02. The van der Waals surface area contributed by atoms with Crippen LogP contribution in [0.1, 0.15) is 20.3 Å². The lowest BCUT2D eigenvalue weighted by Gasteiger charge is -2.40. The smallest absolute Gasteiger partial charge is 0.469 e. The third-order valence-corrected chi connectivity index (χ3v) is 6.63. The van der Waals surface area contributed by atoms with Gasteiger partial charge in [0, 0.05) is 12.0 Å². The molecule has 0 aliphatic carbocycles. The Bertz CT molecular complexity index is 908. The molecule has 1 saturated heterocycles. The van der Waals surface area contributed by atoms with Crippen molar-refractivity contribution in [1.82, 2.24) is 5.32 Å². The van der Waals surface area contributed by atoms with E-state index in [4.69, 9.17) is 13.6 Å². The monoisotopic (exact) mass is 497 g/mol. The molecular formula is C16H21F5NO7PS. The average molecular weight is 497 g/mol. The van der Waals surface area contributed by atoms with Crippen molar-refractivity contribution in [3.8, 4) is 5.75 Å². The molecule has 1 fully saturated rings. The Morgan fingerprint density at radius 2 is 1.77 bits per heavy atom. The first-order valence-electron chi connectivity index (χ1n) is 8.66. The Hall–Kier alpha value is -1.89. The van der Waals surface area contributed by atoms with Crippen LogP contribution in [-0.4, -0.2) is 38.2 Å². The Labute approximate surface area is 174 Å². The lowest BCUT2D eigenvalue weighted by Crippen LogP contribution is -2.50. The van der Waals surface area contributed by atoms with E-state index < -0.39 is 52.1 Å². The molecule has 0 unspecified atom stereocenters. The number of hydrogen-bond acceptors (Lipinski definition) is 7. The van der Waals surface area contributed by atoms with Gasteiger partial charge in [-0.3, -0.25) is 18.6 Å². The van der Waals surface area contributed by atoms with Crippen LogP contribution in [0, 0.1) is 5.41 Å². The van der Waals surface area contributed by atoms with Crippen molar-refractivity contribution in [2.24, 2.45) is 5.41 Å². The van der Waals surface area contributed by atoms with E-state index in [0.717, 1.165) is 0 Å². The SMILES string of the molecule is COC(=O)CCNC(=O)[C@@H]1O[P@](=O)(Oc2ccc(S(F)(F)(F)(F)F)cc2)OCC1(C)C. The normalized spacial score (nSPS) is 25.6. The minimum atomic E-state index is -9.88. The molecule has 8 nitrogen and oxygen atoms in total. The van der Waals surface area contributed by atoms with Gasteiger partial charge in [-0.25, -0.2) is 4.57 Å². The first kappa shape index (κ1) is 25.4. The van der Waals surface area contributed by atoms with Gasteiger partial charge in [-0.05, 0) is 24.3 Å². The molecule has 1 aromatic carbocycles. The Kier molecular flexibility index (Phi) is 6.23. The van der Waals surface area contributed by atoms with Crippen LogP contribution >= 0.6 is 18.0 Å². The highest BCUT2D eigenvalue weighted by Gasteiger charge is 2.65. The molecule has 178 valence electrons. The van der Waals surface area contributed by atoms with E-state index in [1.165, 1.54) is 7.11 Å². The molecular weight excluding hydrogens is 476 g/mol. The molecule has 1 heterocycles. The van der Waals surface area contributed by atoms with Crippen LogP contribution in [0.4, 0.5) is 19.4 Å². The number of ether oxygens (including phenoxy) is 1. The topological polar surface area (TPSA) is 100 Å². The summed E-state index contributed by atoms with van der Waals surface area (Å²) in [7, 11) is -13.2. The zero-order valence-electron chi connectivity index (χ0n) is 16.6. The summed E-state index contributed by atoms with van der Waals surface area (Å²) in [4.78, 5) is 21.4. The standard InChI is InChI=1S/C16H21F5NO7PS/c1-16(2)10-27-30(25,29-14(16)15(24)22-9-8-13(23)26-3)28-11-4-6-12(7-5-11)31(17,18,19,20)21/h4-7,14H,8-10H2,1-3H3,(H,22,24)/t14-,30-/m0/s1. The van der Waals surface area contributed by atoms with Gasteiger partial charge in [-0.15, -0.1) is 0 Å². The van der Waals surface area contributed by atoms with E-state index in [1.54, 1.807) is 13.8 Å². The van der Waals surface area contributed by atoms with Gasteiger partial charge in [0.1, 0.15) is 10.6 Å². The van der Waals surface area contributed by atoms with Crippen LogP contribution in [-0.2, 0) is 27.9 Å². The summed E-state index contributed by atoms with van der Waals surface area (Å²) in [5, 5.41) is 2.41. The largest absolute Gasteiger partial charge is 0.530 e. The van der Waals surface area contributed by atoms with E-state index in [9.17, 15) is 33.6 Å². The molecule has 0 aromatic heterocycles. The number of nitrogens with one attached hydrogen (secondary N) is 1. The van der Waals surface area contributed by atoms with Crippen LogP contribution in [0.3, 0.4) is 0 Å². The molecule has 1 amide bonds. The third-order valence-electron chi connectivity index (χ3n) is 4.12. The first-order chi connectivity index (χ1) is 13.8. The van der Waals surface area contributed by atoms with Crippen molar-refractivity contribution in [3.05, 3.63) is 24.3 Å². The zero-order chi connectivity index (χ0) is 23.8. The number of esters is 1. The van der Waals surface area contributed by atoms with Gasteiger partial charge in [0.25, 0.3) is 5.91 Å². The van der Waals surface area contributed by atoms with Gasteiger partial charge in [0.2, 0.25) is 0 Å². The molecule has 1 aliphatic heterocycles. The molecule has 1 N–H and O–H groups in total. The summed E-state index contributed by atoms with van der Waals surface area (Å²) < 4.78 is 96.4. The van der Waals surface area contributed by atoms with E-state index >= 15 is 0 Å². The molecule has 0 saturated carbocycles. The number of phosphoric ester groups is 1. The van der Waals surface area contributed by atoms with Crippen LogP contribution in [0.5, 0.6) is 5.75 Å². The maximum absolute atomic E-state index is 12.8. The molecule has 1 aromatic rings. The lowest BCUT2D eigenvalue weighted by molar-refractivity contribution is -0.142. The minimum absolute atomic E-state index is 0.0773. The van der Waals surface area contributed by atoms with E-state index in [1.807, 2.05) is 0 Å². The Balaban J connectivity index is 2.12. The fourth-order valence-corrected chi connectivity index (χ4v) is 4.76. The maximum Gasteiger partial charge on any atom is 0.530 e. The van der Waals surface area contributed by atoms with Gasteiger partial charge < -0.3 is 14.6 Å². The predicted molar refractivity (Wildman–Crippen MR) is 100 cm³/mol. The summed E-state index contributed by atoms with van der Waals surface area (Å²) in [6.45, 7) is 2.74. The molecule has 1 aliphatic rings. The summed E-state index contributed by atoms with van der Waals surface area (Å²) in [6.07, 6.45) is -1.49. The minimum Gasteiger partial charge on any atom is -0.469 e. The quantitative estimate of drug-likeness (QED) is 0.323. The molecule has 31 heavy (non-hydrogen) atoms. The van der Waals surface area contributed by atoms with Gasteiger partial charge in [-0.1, -0.05) is 33.3 Å². The average Bonchev–Trinajstić information content (AvgIpc) is 2.62. The first-order valence-corrected chi connectivity index (χ1v) is 12.1. The van der Waals surface area contributed by atoms with Gasteiger partial charge in [0.05, 0.1) is 20.1 Å². The number of benzene rings is 1. The molecule has 0 bridgehead atoms. The Morgan fingerprint density at radius 1 is 1.19 bits per heavy atom. The second kappa shape index (κ2) is 7.61. The fourth-order valence-electron chi connectivity index (χ4n) is 2.44. The Morgan fingerprint density at radius 3 is 2.29 bits per heavy atom. The van der Waals surface area contributed by atoms with Crippen molar-refractivity contribution in [2.45, 2.75) is 31.3 Å². The predicted octanol–water partition coefficient (Wildman–Crippen LogP) is 4.95. The maximum atomic E-state index is 12.8. The van der Waals surface area contributed by atoms with Crippen molar-refractivity contribution >= 4 is 29.9 Å². The second-order valence-corrected chi connectivity index (χ2v) is 11.3. The van der Waals surface area contributed by atoms with E-state index in [0.29, 0.717) is 12.1 Å². The van der Waals surface area contributed by atoms with Crippen molar-refractivity contribution < 1.29 is 51.9 Å². The number of carbonyl (C=O) groups excluding carboxylic acids is 2. The van der Waals surface area contributed by atoms with Crippen molar-refractivity contribution in [1.29, 1.82) is 0 Å². The number of phosphoric acid groups is 1. The highest BCUT2D eigenvalue weighted by molar-refractivity contribution is 8.45. The fraction of sp³-hybridized carbons (Fsp3) is 0.500. The van der Waals surface area contributed by atoms with Crippen LogP contribution < -0.4 is 9.84 Å². The van der Waals surface area contributed by atoms with Crippen LogP contribution in [0.15, 0.2) is 29.2 Å². The molecule has 15 heteroatoms. The van der Waals surface area contributed by atoms with Crippen LogP contribution in [0.2, 0.25) is 0 Å². The summed E-state index contributed by atoms with van der Waals surface area (Å²) in [6, 6.07) is 1.22. The molecule has 0 spiro atoms. The number of methoxy groups -OCH3 is 1.